The molecule has 10 nitrogen and oxygen atoms in total. The highest BCUT2D eigenvalue weighted by atomic mass is 16.4. The normalized spacial score (nSPS) is 13.6. The third kappa shape index (κ3) is 9.94. The van der Waals surface area contributed by atoms with Crippen LogP contribution in [0.15, 0.2) is 4.42 Å². The topological polar surface area (TPSA) is 123 Å². The molecule has 1 aromatic heterocycles. The number of anilines is 1. The summed E-state index contributed by atoms with van der Waals surface area (Å²) in [6, 6.07) is 1.37. The van der Waals surface area contributed by atoms with Crippen LogP contribution in [0.4, 0.5) is 6.01 Å². The van der Waals surface area contributed by atoms with Gasteiger partial charge in [0.05, 0.1) is 6.54 Å². The molecule has 1 aliphatic carbocycles. The van der Waals surface area contributed by atoms with Crippen molar-refractivity contribution in [2.75, 3.05) is 46.2 Å². The van der Waals surface area contributed by atoms with Crippen molar-refractivity contribution in [1.29, 1.82) is 0 Å². The van der Waals surface area contributed by atoms with E-state index in [0.29, 0.717) is 18.5 Å². The zero-order valence-electron chi connectivity index (χ0n) is 16.0. The number of nitrogens with zero attached hydrogens (tertiary/aromatic N) is 5. The van der Waals surface area contributed by atoms with Gasteiger partial charge in [0.2, 0.25) is 5.89 Å². The number of likely N-dealkylation sites (N-methyl/N-ethyl adjacent to an activating group) is 2. The predicted molar refractivity (Wildman–Crippen MR) is 97.2 cm³/mol. The molecule has 2 rings (SSSR count). The Balaban J connectivity index is 0.000000918. The van der Waals surface area contributed by atoms with E-state index in [1.54, 1.807) is 0 Å². The Bertz CT molecular complexity index is 485. The van der Waals surface area contributed by atoms with Gasteiger partial charge in [-0.25, -0.2) is 0 Å². The minimum Gasteiger partial charge on any atom is -0.483 e. The summed E-state index contributed by atoms with van der Waals surface area (Å²) in [6.45, 7) is 2.13. The number of aromatic nitrogens is 2. The van der Waals surface area contributed by atoms with Gasteiger partial charge < -0.3 is 29.3 Å². The first kappa shape index (κ1) is 23.8. The van der Waals surface area contributed by atoms with Gasteiger partial charge in [0, 0.05) is 26.2 Å². The second kappa shape index (κ2) is 14.0. The molecule has 26 heavy (non-hydrogen) atoms. The Morgan fingerprint density at radius 1 is 1.04 bits per heavy atom. The zero-order valence-corrected chi connectivity index (χ0v) is 16.0. The second-order valence-electron chi connectivity index (χ2n) is 6.27. The largest absolute Gasteiger partial charge is 0.483 e. The molecule has 0 atom stereocenters. The van der Waals surface area contributed by atoms with E-state index in [0.717, 1.165) is 19.1 Å². The fraction of sp³-hybridized carbons (Fsp3) is 0.750. The highest BCUT2D eigenvalue weighted by molar-refractivity contribution is 5.33. The van der Waals surface area contributed by atoms with E-state index in [-0.39, 0.29) is 12.9 Å². The molecule has 1 fully saturated rings. The van der Waals surface area contributed by atoms with Crippen molar-refractivity contribution in [3.05, 3.63) is 5.89 Å². The van der Waals surface area contributed by atoms with Crippen LogP contribution in [0.2, 0.25) is 0 Å². The van der Waals surface area contributed by atoms with Crippen LogP contribution in [0.1, 0.15) is 31.6 Å². The highest BCUT2D eigenvalue weighted by Crippen LogP contribution is 2.22. The van der Waals surface area contributed by atoms with E-state index >= 15 is 0 Å². The third-order valence-corrected chi connectivity index (χ3v) is 3.97. The molecule has 1 heterocycles. The average molecular weight is 373 g/mol. The molecule has 0 unspecified atom stereocenters. The summed E-state index contributed by atoms with van der Waals surface area (Å²) in [5.41, 5.74) is 0. The quantitative estimate of drug-likeness (QED) is 0.665. The van der Waals surface area contributed by atoms with Gasteiger partial charge in [0.15, 0.2) is 0 Å². The van der Waals surface area contributed by atoms with Crippen LogP contribution in [0.3, 0.4) is 0 Å². The van der Waals surface area contributed by atoms with Gasteiger partial charge in [-0.1, -0.05) is 17.9 Å². The van der Waals surface area contributed by atoms with E-state index in [1.165, 1.54) is 25.7 Å². The summed E-state index contributed by atoms with van der Waals surface area (Å²) < 4.78 is 5.66. The summed E-state index contributed by atoms with van der Waals surface area (Å²) in [6.07, 6.45) is 5.44. The van der Waals surface area contributed by atoms with Crippen LogP contribution in [0, 0.1) is 0 Å². The fourth-order valence-electron chi connectivity index (χ4n) is 2.66. The van der Waals surface area contributed by atoms with Crippen molar-refractivity contribution in [3.63, 3.8) is 0 Å². The van der Waals surface area contributed by atoms with Gasteiger partial charge in [-0.15, -0.1) is 5.10 Å². The molecule has 1 aromatic rings. The maximum atomic E-state index is 8.36. The van der Waals surface area contributed by atoms with E-state index in [2.05, 4.69) is 22.1 Å². The van der Waals surface area contributed by atoms with Gasteiger partial charge in [0.1, 0.15) is 0 Å². The number of carboxylic acid groups (broad SMARTS) is 2. The van der Waals surface area contributed by atoms with Crippen LogP contribution in [-0.2, 0) is 16.1 Å². The lowest BCUT2D eigenvalue weighted by Crippen LogP contribution is -2.36. The van der Waals surface area contributed by atoms with Gasteiger partial charge in [0.25, 0.3) is 12.9 Å². The Labute approximate surface area is 154 Å². The van der Waals surface area contributed by atoms with Crippen molar-refractivity contribution in [3.8, 4) is 0 Å². The smallest absolute Gasteiger partial charge is 0.317 e. The lowest BCUT2D eigenvalue weighted by molar-refractivity contribution is -0.123. The van der Waals surface area contributed by atoms with Crippen LogP contribution in [-0.4, -0.2) is 90.5 Å². The molecule has 0 amide bonds. The zero-order chi connectivity index (χ0) is 19.9. The minimum atomic E-state index is -0.250. The van der Waals surface area contributed by atoms with E-state index in [1.807, 2.05) is 30.9 Å². The molecule has 0 aromatic carbocycles. The first-order chi connectivity index (χ1) is 12.4. The van der Waals surface area contributed by atoms with E-state index in [9.17, 15) is 0 Å². The van der Waals surface area contributed by atoms with Crippen molar-refractivity contribution in [2.24, 2.45) is 0 Å². The lowest BCUT2D eigenvalue weighted by atomic mass is 10.2. The predicted octanol–water partition coefficient (Wildman–Crippen LogP) is 0.843. The van der Waals surface area contributed by atoms with Crippen molar-refractivity contribution in [1.82, 2.24) is 20.0 Å². The van der Waals surface area contributed by atoms with Gasteiger partial charge in [-0.3, -0.25) is 9.59 Å². The third-order valence-electron chi connectivity index (χ3n) is 3.97. The molecule has 0 saturated heterocycles. The summed E-state index contributed by atoms with van der Waals surface area (Å²) >= 11 is 0. The maximum absolute atomic E-state index is 8.36. The van der Waals surface area contributed by atoms with Gasteiger partial charge in [-0.2, -0.15) is 0 Å². The summed E-state index contributed by atoms with van der Waals surface area (Å²) in [5.74, 6) is 0.668. The Morgan fingerprint density at radius 2 is 1.58 bits per heavy atom. The molecule has 1 saturated carbocycles. The Morgan fingerprint density at radius 3 is 2.08 bits per heavy atom. The second-order valence-corrected chi connectivity index (χ2v) is 6.27. The Hall–Kier alpha value is -2.20. The van der Waals surface area contributed by atoms with Crippen LogP contribution >= 0.6 is 0 Å². The SMILES string of the molecule is CN(C)Cc1nnc(N(C)CCN(C)C2CCCC2)o1.O=CO.O=CO. The first-order valence-electron chi connectivity index (χ1n) is 8.43. The summed E-state index contributed by atoms with van der Waals surface area (Å²) in [5, 5.41) is 22.0. The van der Waals surface area contributed by atoms with Crippen molar-refractivity contribution < 1.29 is 24.2 Å². The number of hydrogen-bond donors (Lipinski definition) is 2. The van der Waals surface area contributed by atoms with Crippen LogP contribution < -0.4 is 4.90 Å². The molecule has 150 valence electrons. The summed E-state index contributed by atoms with van der Waals surface area (Å²) in [7, 11) is 8.21. The standard InChI is InChI=1S/C14H27N5O.2CH2O2/c1-17(2)11-13-15-16-14(20-13)19(4)10-9-18(3)12-7-5-6-8-12;2*2-1-3/h12H,5-11H2,1-4H3;2*1H,(H,2,3). The fourth-order valence-corrected chi connectivity index (χ4v) is 2.66. The number of rotatable bonds is 7. The van der Waals surface area contributed by atoms with E-state index in [4.69, 9.17) is 24.2 Å². The van der Waals surface area contributed by atoms with E-state index < -0.39 is 0 Å². The minimum absolute atomic E-state index is 0.250. The van der Waals surface area contributed by atoms with Crippen molar-refractivity contribution >= 4 is 19.0 Å². The molecule has 0 radical (unpaired) electrons. The molecule has 2 N–H and O–H groups in total. The molecular weight excluding hydrogens is 342 g/mol. The molecule has 0 aliphatic heterocycles. The molecule has 0 bridgehead atoms. The molecule has 1 aliphatic rings. The number of hydrogen-bond acceptors (Lipinski definition) is 8. The van der Waals surface area contributed by atoms with Gasteiger partial charge >= 0.3 is 6.01 Å². The average Bonchev–Trinajstić information content (AvgIpc) is 3.25. The van der Waals surface area contributed by atoms with Gasteiger partial charge in [-0.05, 0) is 34.0 Å². The molecule has 0 spiro atoms. The highest BCUT2D eigenvalue weighted by Gasteiger charge is 2.20. The van der Waals surface area contributed by atoms with Crippen molar-refractivity contribution in [2.45, 2.75) is 38.3 Å². The molecular formula is C16H31N5O5. The monoisotopic (exact) mass is 373 g/mol. The maximum Gasteiger partial charge on any atom is 0.317 e. The van der Waals surface area contributed by atoms with Crippen LogP contribution in [0.25, 0.3) is 0 Å². The number of carbonyl (C=O) groups is 2. The Kier molecular flexibility index (Phi) is 12.8. The summed E-state index contributed by atoms with van der Waals surface area (Å²) in [4.78, 5) is 23.2. The van der Waals surface area contributed by atoms with Crippen LogP contribution in [0.5, 0.6) is 0 Å². The molecule has 10 heteroatoms. The lowest BCUT2D eigenvalue weighted by Gasteiger charge is -2.26. The first-order valence-corrected chi connectivity index (χ1v) is 8.43.